The van der Waals surface area contributed by atoms with Crippen molar-refractivity contribution in [2.24, 2.45) is 5.92 Å². The highest BCUT2D eigenvalue weighted by molar-refractivity contribution is 5.70. The number of hydrogen-bond acceptors (Lipinski definition) is 3. The van der Waals surface area contributed by atoms with Gasteiger partial charge in [0.1, 0.15) is 0 Å². The van der Waals surface area contributed by atoms with E-state index in [1.165, 1.54) is 6.42 Å². The first kappa shape index (κ1) is 10.5. The summed E-state index contributed by atoms with van der Waals surface area (Å²) in [6.45, 7) is 5.59. The Morgan fingerprint density at radius 2 is 2.31 bits per heavy atom. The molecular formula is C10H19NO2. The summed E-state index contributed by atoms with van der Waals surface area (Å²) in [6, 6.07) is 0.343. The molecule has 1 aliphatic rings. The van der Waals surface area contributed by atoms with Crippen molar-refractivity contribution in [1.82, 2.24) is 5.32 Å². The molecule has 13 heavy (non-hydrogen) atoms. The van der Waals surface area contributed by atoms with Crippen LogP contribution in [0, 0.1) is 5.92 Å². The third kappa shape index (κ3) is 3.77. The number of nitrogens with one attached hydrogen (secondary N) is 1. The molecule has 0 aliphatic carbocycles. The summed E-state index contributed by atoms with van der Waals surface area (Å²) >= 11 is 0. The Balaban J connectivity index is 2.18. The van der Waals surface area contributed by atoms with Crippen molar-refractivity contribution < 1.29 is 9.53 Å². The molecule has 3 heteroatoms. The fourth-order valence-electron chi connectivity index (χ4n) is 1.65. The highest BCUT2D eigenvalue weighted by Gasteiger charge is 2.20. The molecule has 0 amide bonds. The first-order valence-corrected chi connectivity index (χ1v) is 5.11. The second kappa shape index (κ2) is 5.22. The third-order valence-electron chi connectivity index (χ3n) is 2.48. The molecule has 1 rings (SSSR count). The number of esters is 1. The minimum Gasteiger partial charge on any atom is -0.466 e. The number of carbonyl (C=O) groups is 1. The number of hydrogen-bond donors (Lipinski definition) is 1. The molecule has 1 heterocycles. The monoisotopic (exact) mass is 185 g/mol. The Morgan fingerprint density at radius 1 is 1.54 bits per heavy atom. The number of carbonyl (C=O) groups excluding carboxylic acids is 1. The maximum absolute atomic E-state index is 11.1. The van der Waals surface area contributed by atoms with Gasteiger partial charge in [-0.25, -0.2) is 0 Å². The zero-order chi connectivity index (χ0) is 9.68. The van der Waals surface area contributed by atoms with E-state index in [4.69, 9.17) is 4.74 Å². The van der Waals surface area contributed by atoms with Crippen LogP contribution in [0.1, 0.15) is 33.1 Å². The van der Waals surface area contributed by atoms with Crippen LogP contribution in [0.25, 0.3) is 0 Å². The molecule has 3 nitrogen and oxygen atoms in total. The first-order chi connectivity index (χ1) is 6.22. The predicted molar refractivity (Wildman–Crippen MR) is 51.4 cm³/mol. The van der Waals surface area contributed by atoms with E-state index in [1.807, 2.05) is 6.92 Å². The van der Waals surface area contributed by atoms with Crippen LogP contribution in [0.5, 0.6) is 0 Å². The molecule has 0 aromatic heterocycles. The number of ether oxygens (including phenoxy) is 1. The highest BCUT2D eigenvalue weighted by atomic mass is 16.5. The largest absolute Gasteiger partial charge is 0.466 e. The molecule has 0 bridgehead atoms. The van der Waals surface area contributed by atoms with E-state index in [0.717, 1.165) is 18.9 Å². The van der Waals surface area contributed by atoms with Crippen molar-refractivity contribution in [1.29, 1.82) is 0 Å². The van der Waals surface area contributed by atoms with Gasteiger partial charge >= 0.3 is 5.97 Å². The summed E-state index contributed by atoms with van der Waals surface area (Å²) in [4.78, 5) is 11.1. The van der Waals surface area contributed by atoms with Crippen LogP contribution in [0.4, 0.5) is 0 Å². The van der Waals surface area contributed by atoms with Crippen LogP contribution in [-0.2, 0) is 9.53 Å². The molecule has 2 atom stereocenters. The van der Waals surface area contributed by atoms with Crippen LogP contribution in [-0.4, -0.2) is 25.2 Å². The summed E-state index contributed by atoms with van der Waals surface area (Å²) < 4.78 is 4.89. The van der Waals surface area contributed by atoms with Gasteiger partial charge in [0.2, 0.25) is 0 Å². The Bertz CT molecular complexity index is 162. The van der Waals surface area contributed by atoms with Crippen molar-refractivity contribution in [3.05, 3.63) is 0 Å². The third-order valence-corrected chi connectivity index (χ3v) is 2.48. The van der Waals surface area contributed by atoms with Gasteiger partial charge in [0.15, 0.2) is 0 Å². The van der Waals surface area contributed by atoms with Crippen molar-refractivity contribution in [2.75, 3.05) is 13.2 Å². The van der Waals surface area contributed by atoms with Crippen LogP contribution in [0.3, 0.4) is 0 Å². The van der Waals surface area contributed by atoms with Crippen LogP contribution >= 0.6 is 0 Å². The molecule has 1 aliphatic heterocycles. The van der Waals surface area contributed by atoms with Crippen molar-refractivity contribution in [3.63, 3.8) is 0 Å². The predicted octanol–water partition coefficient (Wildman–Crippen LogP) is 1.33. The molecule has 0 aromatic rings. The average Bonchev–Trinajstić information content (AvgIpc) is 2.09. The minimum atomic E-state index is -0.0745. The fourth-order valence-corrected chi connectivity index (χ4v) is 1.65. The second-order valence-electron chi connectivity index (χ2n) is 3.80. The van der Waals surface area contributed by atoms with Gasteiger partial charge in [-0.1, -0.05) is 6.92 Å². The van der Waals surface area contributed by atoms with Gasteiger partial charge in [0, 0.05) is 6.04 Å². The summed E-state index contributed by atoms with van der Waals surface area (Å²) in [5.74, 6) is 0.674. The van der Waals surface area contributed by atoms with Gasteiger partial charge in [-0.05, 0) is 32.2 Å². The summed E-state index contributed by atoms with van der Waals surface area (Å²) in [7, 11) is 0. The van der Waals surface area contributed by atoms with E-state index in [0.29, 0.717) is 19.1 Å². The van der Waals surface area contributed by atoms with Gasteiger partial charge in [0.05, 0.1) is 13.0 Å². The van der Waals surface area contributed by atoms with E-state index in [1.54, 1.807) is 0 Å². The SMILES string of the molecule is CCOC(=O)C[C@H]1CC[C@@H](C)CN1. The van der Waals surface area contributed by atoms with E-state index >= 15 is 0 Å². The normalized spacial score (nSPS) is 28.5. The molecule has 1 N–H and O–H groups in total. The summed E-state index contributed by atoms with van der Waals surface area (Å²) in [6.07, 6.45) is 2.84. The van der Waals surface area contributed by atoms with Crippen molar-refractivity contribution in [2.45, 2.75) is 39.2 Å². The molecule has 1 fully saturated rings. The van der Waals surface area contributed by atoms with Crippen LogP contribution in [0.15, 0.2) is 0 Å². The maximum Gasteiger partial charge on any atom is 0.307 e. The molecule has 0 radical (unpaired) electrons. The van der Waals surface area contributed by atoms with Gasteiger partial charge in [0.25, 0.3) is 0 Å². The lowest BCUT2D eigenvalue weighted by atomic mass is 9.95. The summed E-state index contributed by atoms with van der Waals surface area (Å²) in [5, 5.41) is 3.36. The standard InChI is InChI=1S/C10H19NO2/c1-3-13-10(12)6-9-5-4-8(2)7-11-9/h8-9,11H,3-7H2,1-2H3/t8-,9-/m1/s1. The Hall–Kier alpha value is -0.570. The topological polar surface area (TPSA) is 38.3 Å². The van der Waals surface area contributed by atoms with E-state index < -0.39 is 0 Å². The molecule has 76 valence electrons. The molecule has 0 saturated carbocycles. The zero-order valence-corrected chi connectivity index (χ0v) is 8.51. The fraction of sp³-hybridized carbons (Fsp3) is 0.900. The minimum absolute atomic E-state index is 0.0745. The molecule has 0 spiro atoms. The Labute approximate surface area is 79.8 Å². The Morgan fingerprint density at radius 3 is 2.85 bits per heavy atom. The molecule has 0 unspecified atom stereocenters. The average molecular weight is 185 g/mol. The first-order valence-electron chi connectivity index (χ1n) is 5.11. The van der Waals surface area contributed by atoms with E-state index in [9.17, 15) is 4.79 Å². The van der Waals surface area contributed by atoms with Gasteiger partial charge in [-0.3, -0.25) is 4.79 Å². The number of rotatable bonds is 3. The quantitative estimate of drug-likeness (QED) is 0.674. The summed E-state index contributed by atoms with van der Waals surface area (Å²) in [5.41, 5.74) is 0. The Kier molecular flexibility index (Phi) is 4.22. The van der Waals surface area contributed by atoms with Crippen LogP contribution < -0.4 is 5.32 Å². The maximum atomic E-state index is 11.1. The molecular weight excluding hydrogens is 166 g/mol. The van der Waals surface area contributed by atoms with Crippen LogP contribution in [0.2, 0.25) is 0 Å². The lowest BCUT2D eigenvalue weighted by Gasteiger charge is -2.26. The molecule has 1 saturated heterocycles. The highest BCUT2D eigenvalue weighted by Crippen LogP contribution is 2.15. The molecule has 0 aromatic carbocycles. The van der Waals surface area contributed by atoms with E-state index in [2.05, 4.69) is 12.2 Å². The van der Waals surface area contributed by atoms with Crippen molar-refractivity contribution >= 4 is 5.97 Å². The lowest BCUT2D eigenvalue weighted by molar-refractivity contribution is -0.143. The van der Waals surface area contributed by atoms with Gasteiger partial charge in [-0.15, -0.1) is 0 Å². The lowest BCUT2D eigenvalue weighted by Crippen LogP contribution is -2.39. The number of piperidine rings is 1. The smallest absolute Gasteiger partial charge is 0.307 e. The van der Waals surface area contributed by atoms with Gasteiger partial charge in [-0.2, -0.15) is 0 Å². The zero-order valence-electron chi connectivity index (χ0n) is 8.51. The van der Waals surface area contributed by atoms with E-state index in [-0.39, 0.29) is 5.97 Å². The van der Waals surface area contributed by atoms with Crippen molar-refractivity contribution in [3.8, 4) is 0 Å². The second-order valence-corrected chi connectivity index (χ2v) is 3.80. The van der Waals surface area contributed by atoms with Gasteiger partial charge < -0.3 is 10.1 Å².